The third kappa shape index (κ3) is 3.58. The molecule has 1 heterocycles. The van der Waals surface area contributed by atoms with Crippen molar-refractivity contribution in [1.29, 1.82) is 0 Å². The summed E-state index contributed by atoms with van der Waals surface area (Å²) < 4.78 is 15.5. The Kier molecular flexibility index (Phi) is 5.02. The quantitative estimate of drug-likeness (QED) is 0.650. The minimum absolute atomic E-state index is 0.134. The summed E-state index contributed by atoms with van der Waals surface area (Å²) in [7, 11) is 0. The Morgan fingerprint density at radius 2 is 1.96 bits per heavy atom. The molecule has 4 rings (SSSR count). The number of carbonyl (C=O) groups is 1. The molecule has 1 saturated carbocycles. The highest BCUT2D eigenvalue weighted by molar-refractivity contribution is 9.10. The molecule has 7 heteroatoms. The van der Waals surface area contributed by atoms with E-state index in [4.69, 9.17) is 0 Å². The van der Waals surface area contributed by atoms with Crippen LogP contribution < -0.4 is 10.9 Å². The molecule has 0 atom stereocenters. The van der Waals surface area contributed by atoms with Gasteiger partial charge < -0.3 is 5.32 Å². The standard InChI is InChI=1S/C21H19BrFN3O2/c22-15-4-7-18-17(12-15)20(28)26(13-24-18)11-8-19(27)25-21(9-1-10-21)14-2-5-16(23)6-3-14/h2-7,12-13H,1,8-11H2,(H,25,27). The first-order chi connectivity index (χ1) is 13.5. The second-order valence-electron chi connectivity index (χ2n) is 7.15. The van der Waals surface area contributed by atoms with Crippen LogP contribution in [0.15, 0.2) is 58.1 Å². The van der Waals surface area contributed by atoms with Crippen molar-refractivity contribution in [3.05, 3.63) is 75.0 Å². The number of benzene rings is 2. The maximum absolute atomic E-state index is 13.2. The molecule has 3 aromatic rings. The summed E-state index contributed by atoms with van der Waals surface area (Å²) in [5.41, 5.74) is 0.944. The van der Waals surface area contributed by atoms with Gasteiger partial charge in [0.2, 0.25) is 5.91 Å². The lowest BCUT2D eigenvalue weighted by Crippen LogP contribution is -2.51. The van der Waals surface area contributed by atoms with Crippen molar-refractivity contribution in [2.75, 3.05) is 0 Å². The van der Waals surface area contributed by atoms with Crippen LogP contribution in [0.4, 0.5) is 4.39 Å². The van der Waals surface area contributed by atoms with Crippen LogP contribution in [0.2, 0.25) is 0 Å². The molecule has 0 radical (unpaired) electrons. The number of nitrogens with zero attached hydrogens (tertiary/aromatic N) is 2. The summed E-state index contributed by atoms with van der Waals surface area (Å²) in [6, 6.07) is 11.6. The maximum Gasteiger partial charge on any atom is 0.261 e. The van der Waals surface area contributed by atoms with Crippen molar-refractivity contribution in [2.24, 2.45) is 0 Å². The third-order valence-corrected chi connectivity index (χ3v) is 5.84. The molecular formula is C21H19BrFN3O2. The Balaban J connectivity index is 1.47. The van der Waals surface area contributed by atoms with Gasteiger partial charge in [-0.15, -0.1) is 0 Å². The van der Waals surface area contributed by atoms with Crippen LogP contribution in [-0.4, -0.2) is 15.5 Å². The van der Waals surface area contributed by atoms with E-state index in [-0.39, 0.29) is 30.2 Å². The van der Waals surface area contributed by atoms with Gasteiger partial charge in [-0.25, -0.2) is 9.37 Å². The number of nitrogens with one attached hydrogen (secondary N) is 1. The van der Waals surface area contributed by atoms with Crippen LogP contribution in [0.1, 0.15) is 31.2 Å². The highest BCUT2D eigenvalue weighted by atomic mass is 79.9. The fourth-order valence-electron chi connectivity index (χ4n) is 3.63. The number of hydrogen-bond donors (Lipinski definition) is 1. The minimum atomic E-state index is -0.428. The molecule has 0 saturated heterocycles. The lowest BCUT2D eigenvalue weighted by molar-refractivity contribution is -0.124. The molecule has 0 aliphatic heterocycles. The van der Waals surface area contributed by atoms with E-state index in [1.807, 2.05) is 6.07 Å². The smallest absolute Gasteiger partial charge is 0.261 e. The Morgan fingerprint density at radius 3 is 2.64 bits per heavy atom. The van der Waals surface area contributed by atoms with Crippen molar-refractivity contribution < 1.29 is 9.18 Å². The predicted octanol–water partition coefficient (Wildman–Crippen LogP) is 3.88. The van der Waals surface area contributed by atoms with E-state index in [2.05, 4.69) is 26.2 Å². The molecule has 2 aromatic carbocycles. The van der Waals surface area contributed by atoms with Gasteiger partial charge in [-0.3, -0.25) is 14.2 Å². The van der Waals surface area contributed by atoms with Gasteiger partial charge in [-0.1, -0.05) is 28.1 Å². The summed E-state index contributed by atoms with van der Waals surface area (Å²) >= 11 is 3.36. The molecule has 144 valence electrons. The van der Waals surface area contributed by atoms with Crippen LogP contribution in [0, 0.1) is 5.82 Å². The average Bonchev–Trinajstić information content (AvgIpc) is 2.65. The highest BCUT2D eigenvalue weighted by Crippen LogP contribution is 2.41. The van der Waals surface area contributed by atoms with Crippen LogP contribution in [0.5, 0.6) is 0 Å². The molecule has 0 unspecified atom stereocenters. The molecule has 1 aliphatic carbocycles. The van der Waals surface area contributed by atoms with E-state index >= 15 is 0 Å². The zero-order chi connectivity index (χ0) is 19.7. The normalized spacial score (nSPS) is 15.2. The molecule has 1 aromatic heterocycles. The van der Waals surface area contributed by atoms with Crippen molar-refractivity contribution in [1.82, 2.24) is 14.9 Å². The average molecular weight is 444 g/mol. The first-order valence-corrected chi connectivity index (χ1v) is 9.98. The number of aromatic nitrogens is 2. The zero-order valence-electron chi connectivity index (χ0n) is 15.1. The van der Waals surface area contributed by atoms with Gasteiger partial charge in [0.1, 0.15) is 5.82 Å². The van der Waals surface area contributed by atoms with Crippen molar-refractivity contribution in [3.8, 4) is 0 Å². The van der Waals surface area contributed by atoms with Crippen LogP contribution >= 0.6 is 15.9 Å². The molecular weight excluding hydrogens is 425 g/mol. The largest absolute Gasteiger partial charge is 0.347 e. The third-order valence-electron chi connectivity index (χ3n) is 5.35. The molecule has 1 fully saturated rings. The lowest BCUT2D eigenvalue weighted by atomic mass is 9.71. The van der Waals surface area contributed by atoms with E-state index in [0.717, 1.165) is 29.3 Å². The number of aryl methyl sites for hydroxylation is 1. The van der Waals surface area contributed by atoms with E-state index in [0.29, 0.717) is 10.9 Å². The lowest BCUT2D eigenvalue weighted by Gasteiger charge is -2.43. The predicted molar refractivity (Wildman–Crippen MR) is 108 cm³/mol. The fraction of sp³-hybridized carbons (Fsp3) is 0.286. The topological polar surface area (TPSA) is 64.0 Å². The number of fused-ring (bicyclic) bond motifs is 1. The summed E-state index contributed by atoms with van der Waals surface area (Å²) in [5.74, 6) is -0.426. The summed E-state index contributed by atoms with van der Waals surface area (Å²) in [5, 5.41) is 3.61. The second-order valence-corrected chi connectivity index (χ2v) is 8.06. The minimum Gasteiger partial charge on any atom is -0.347 e. The van der Waals surface area contributed by atoms with Gasteiger partial charge in [-0.2, -0.15) is 0 Å². The Hall–Kier alpha value is -2.54. The van der Waals surface area contributed by atoms with E-state index < -0.39 is 5.54 Å². The van der Waals surface area contributed by atoms with Crippen LogP contribution in [-0.2, 0) is 16.9 Å². The van der Waals surface area contributed by atoms with Gasteiger partial charge in [0.05, 0.1) is 22.8 Å². The molecule has 0 spiro atoms. The molecule has 0 bridgehead atoms. The number of carbonyl (C=O) groups excluding carboxylic acids is 1. The molecule has 1 aliphatic rings. The molecule has 1 N–H and O–H groups in total. The first-order valence-electron chi connectivity index (χ1n) is 9.19. The van der Waals surface area contributed by atoms with Crippen molar-refractivity contribution in [3.63, 3.8) is 0 Å². The number of rotatable bonds is 5. The van der Waals surface area contributed by atoms with Crippen molar-refractivity contribution >= 4 is 32.7 Å². The summed E-state index contributed by atoms with van der Waals surface area (Å²) in [4.78, 5) is 29.5. The van der Waals surface area contributed by atoms with Gasteiger partial charge in [0.25, 0.3) is 5.56 Å². The van der Waals surface area contributed by atoms with E-state index in [9.17, 15) is 14.0 Å². The highest BCUT2D eigenvalue weighted by Gasteiger charge is 2.39. The monoisotopic (exact) mass is 443 g/mol. The van der Waals surface area contributed by atoms with Gasteiger partial charge in [0, 0.05) is 17.4 Å². The van der Waals surface area contributed by atoms with Crippen molar-refractivity contribution in [2.45, 2.75) is 37.8 Å². The van der Waals surface area contributed by atoms with Gasteiger partial charge in [-0.05, 0) is 55.2 Å². The molecule has 1 amide bonds. The zero-order valence-corrected chi connectivity index (χ0v) is 16.7. The second kappa shape index (κ2) is 7.47. The van der Waals surface area contributed by atoms with Gasteiger partial charge in [0.15, 0.2) is 0 Å². The summed E-state index contributed by atoms with van der Waals surface area (Å²) in [6.45, 7) is 0.250. The Bertz CT molecular complexity index is 1090. The van der Waals surface area contributed by atoms with Gasteiger partial charge >= 0.3 is 0 Å². The first kappa shape index (κ1) is 18.8. The molecule has 5 nitrogen and oxygen atoms in total. The van der Waals surface area contributed by atoms with Crippen LogP contribution in [0.25, 0.3) is 10.9 Å². The SMILES string of the molecule is O=C(CCn1cnc2ccc(Br)cc2c1=O)NC1(c2ccc(F)cc2)CCC1. The number of hydrogen-bond acceptors (Lipinski definition) is 3. The van der Waals surface area contributed by atoms with E-state index in [1.165, 1.54) is 23.0 Å². The fourth-order valence-corrected chi connectivity index (χ4v) is 3.99. The summed E-state index contributed by atoms with van der Waals surface area (Å²) in [6.07, 6.45) is 4.32. The van der Waals surface area contributed by atoms with Crippen LogP contribution in [0.3, 0.4) is 0 Å². The number of halogens is 2. The molecule has 28 heavy (non-hydrogen) atoms. The Morgan fingerprint density at radius 1 is 1.21 bits per heavy atom. The number of amides is 1. The maximum atomic E-state index is 13.2. The van der Waals surface area contributed by atoms with E-state index in [1.54, 1.807) is 24.3 Å². The Labute approximate surface area is 169 Å².